The monoisotopic (exact) mass is 312 g/mol. The van der Waals surface area contributed by atoms with Crippen LogP contribution in [-0.2, 0) is 9.47 Å². The molecule has 2 heteroatoms. The van der Waals surface area contributed by atoms with Gasteiger partial charge < -0.3 is 9.47 Å². The Morgan fingerprint density at radius 2 is 2.04 bits per heavy atom. The van der Waals surface area contributed by atoms with E-state index in [0.717, 1.165) is 30.6 Å². The standard InChI is InChI=1S/C21H28O2/c1-19-9-6-15(22-3)12-14(19)4-5-16-17(19)7-10-20(2)18(16)8-11-21(20)13-23-21/h4,7,12,16,18H,5-6,8-11,13H2,1-3H3/t16?,18?,19-,20-,21?/m0/s1. The van der Waals surface area contributed by atoms with Crippen molar-refractivity contribution in [1.82, 2.24) is 0 Å². The van der Waals surface area contributed by atoms with E-state index in [1.54, 1.807) is 12.7 Å². The lowest BCUT2D eigenvalue weighted by Crippen LogP contribution is -2.45. The topological polar surface area (TPSA) is 21.8 Å². The van der Waals surface area contributed by atoms with Crippen molar-refractivity contribution in [2.75, 3.05) is 13.7 Å². The van der Waals surface area contributed by atoms with Gasteiger partial charge in [-0.2, -0.15) is 0 Å². The van der Waals surface area contributed by atoms with Crippen LogP contribution in [0.1, 0.15) is 52.4 Å². The molecule has 5 rings (SSSR count). The van der Waals surface area contributed by atoms with Gasteiger partial charge in [0.25, 0.3) is 0 Å². The van der Waals surface area contributed by atoms with Crippen molar-refractivity contribution < 1.29 is 9.47 Å². The lowest BCUT2D eigenvalue weighted by Gasteiger charge is -2.52. The Hall–Kier alpha value is -1.02. The van der Waals surface area contributed by atoms with Crippen LogP contribution >= 0.6 is 0 Å². The van der Waals surface area contributed by atoms with E-state index in [9.17, 15) is 0 Å². The minimum atomic E-state index is 0.236. The van der Waals surface area contributed by atoms with E-state index < -0.39 is 0 Å². The molecule has 1 saturated heterocycles. The van der Waals surface area contributed by atoms with Crippen molar-refractivity contribution in [3.8, 4) is 0 Å². The Balaban J connectivity index is 1.56. The zero-order valence-corrected chi connectivity index (χ0v) is 14.7. The lowest BCUT2D eigenvalue weighted by molar-refractivity contribution is 0.0679. The van der Waals surface area contributed by atoms with Gasteiger partial charge in [-0.3, -0.25) is 0 Å². The maximum atomic E-state index is 6.00. The third-order valence-electron chi connectivity index (χ3n) is 8.16. The van der Waals surface area contributed by atoms with E-state index in [1.165, 1.54) is 37.7 Å². The molecule has 3 unspecified atom stereocenters. The van der Waals surface area contributed by atoms with E-state index in [4.69, 9.17) is 9.47 Å². The Labute approximate surface area is 139 Å². The van der Waals surface area contributed by atoms with Crippen LogP contribution in [0.4, 0.5) is 0 Å². The van der Waals surface area contributed by atoms with Gasteiger partial charge in [-0.05, 0) is 55.6 Å². The van der Waals surface area contributed by atoms with Crippen LogP contribution in [0.3, 0.4) is 0 Å². The first kappa shape index (κ1) is 14.3. The van der Waals surface area contributed by atoms with Crippen LogP contribution in [0.15, 0.2) is 35.1 Å². The van der Waals surface area contributed by atoms with Crippen LogP contribution in [0.5, 0.6) is 0 Å². The van der Waals surface area contributed by atoms with Gasteiger partial charge in [0.2, 0.25) is 0 Å². The highest BCUT2D eigenvalue weighted by Gasteiger charge is 2.68. The minimum Gasteiger partial charge on any atom is -0.501 e. The lowest BCUT2D eigenvalue weighted by atomic mass is 9.52. The first-order chi connectivity index (χ1) is 11.0. The smallest absolute Gasteiger partial charge is 0.0975 e. The van der Waals surface area contributed by atoms with Gasteiger partial charge in [-0.1, -0.05) is 31.6 Å². The van der Waals surface area contributed by atoms with Crippen molar-refractivity contribution >= 4 is 0 Å². The van der Waals surface area contributed by atoms with E-state index >= 15 is 0 Å². The summed E-state index contributed by atoms with van der Waals surface area (Å²) < 4.78 is 11.5. The Bertz CT molecular complexity index is 651. The highest BCUT2D eigenvalue weighted by Crippen LogP contribution is 2.68. The van der Waals surface area contributed by atoms with Gasteiger partial charge in [0, 0.05) is 17.3 Å². The van der Waals surface area contributed by atoms with E-state index in [-0.39, 0.29) is 11.0 Å². The van der Waals surface area contributed by atoms with E-state index in [2.05, 4.69) is 32.1 Å². The summed E-state index contributed by atoms with van der Waals surface area (Å²) in [4.78, 5) is 0. The largest absolute Gasteiger partial charge is 0.501 e. The molecule has 0 amide bonds. The molecule has 23 heavy (non-hydrogen) atoms. The fourth-order valence-electron chi connectivity index (χ4n) is 6.42. The van der Waals surface area contributed by atoms with Crippen molar-refractivity contribution in [3.63, 3.8) is 0 Å². The molecule has 2 fully saturated rings. The third-order valence-corrected chi connectivity index (χ3v) is 8.16. The van der Waals surface area contributed by atoms with Crippen molar-refractivity contribution in [2.45, 2.75) is 58.0 Å². The number of rotatable bonds is 1. The highest BCUT2D eigenvalue weighted by molar-refractivity contribution is 5.45. The summed E-state index contributed by atoms with van der Waals surface area (Å²) in [5.74, 6) is 2.70. The summed E-state index contributed by atoms with van der Waals surface area (Å²) in [5.41, 5.74) is 4.10. The Morgan fingerprint density at radius 3 is 2.78 bits per heavy atom. The van der Waals surface area contributed by atoms with Gasteiger partial charge in [0.05, 0.1) is 25.1 Å². The summed E-state index contributed by atoms with van der Waals surface area (Å²) in [6.45, 7) is 5.99. The molecule has 0 aromatic rings. The molecule has 0 bridgehead atoms. The maximum Gasteiger partial charge on any atom is 0.0975 e. The minimum absolute atomic E-state index is 0.236. The van der Waals surface area contributed by atoms with Crippen LogP contribution < -0.4 is 0 Å². The maximum absolute atomic E-state index is 6.00. The van der Waals surface area contributed by atoms with Gasteiger partial charge >= 0.3 is 0 Å². The quantitative estimate of drug-likeness (QED) is 0.513. The molecule has 0 aromatic carbocycles. The second-order valence-corrected chi connectivity index (χ2v) is 8.86. The number of hydrogen-bond acceptors (Lipinski definition) is 2. The van der Waals surface area contributed by atoms with Crippen molar-refractivity contribution in [1.29, 1.82) is 0 Å². The zero-order valence-electron chi connectivity index (χ0n) is 14.7. The zero-order chi connectivity index (χ0) is 15.9. The predicted molar refractivity (Wildman–Crippen MR) is 90.8 cm³/mol. The highest BCUT2D eigenvalue weighted by atomic mass is 16.6. The van der Waals surface area contributed by atoms with Crippen molar-refractivity contribution in [3.05, 3.63) is 35.1 Å². The molecule has 124 valence electrons. The van der Waals surface area contributed by atoms with Crippen LogP contribution in [-0.4, -0.2) is 19.3 Å². The third kappa shape index (κ3) is 1.64. The molecular formula is C21H28O2. The molecule has 0 N–H and O–H groups in total. The molecular weight excluding hydrogens is 284 g/mol. The fraction of sp³-hybridized carbons (Fsp3) is 0.714. The fourth-order valence-corrected chi connectivity index (χ4v) is 6.42. The van der Waals surface area contributed by atoms with Crippen LogP contribution in [0, 0.1) is 22.7 Å². The molecule has 0 radical (unpaired) electrons. The van der Waals surface area contributed by atoms with Gasteiger partial charge in [-0.25, -0.2) is 0 Å². The number of hydrogen-bond donors (Lipinski definition) is 0. The molecule has 5 atom stereocenters. The van der Waals surface area contributed by atoms with Gasteiger partial charge in [0.1, 0.15) is 0 Å². The van der Waals surface area contributed by atoms with Gasteiger partial charge in [-0.15, -0.1) is 0 Å². The number of epoxide rings is 1. The second kappa shape index (κ2) is 4.33. The molecule has 2 nitrogen and oxygen atoms in total. The van der Waals surface area contributed by atoms with Crippen molar-refractivity contribution in [2.24, 2.45) is 22.7 Å². The van der Waals surface area contributed by atoms with Crippen LogP contribution in [0.2, 0.25) is 0 Å². The Morgan fingerprint density at radius 1 is 1.22 bits per heavy atom. The molecule has 1 spiro atoms. The molecule has 4 aliphatic carbocycles. The first-order valence-electron chi connectivity index (χ1n) is 9.32. The average Bonchev–Trinajstić information content (AvgIpc) is 3.28. The summed E-state index contributed by atoms with van der Waals surface area (Å²) in [6.07, 6.45) is 14.8. The summed E-state index contributed by atoms with van der Waals surface area (Å²) in [5, 5.41) is 0. The number of ether oxygens (including phenoxy) is 2. The number of allylic oxidation sites excluding steroid dienone is 6. The van der Waals surface area contributed by atoms with Gasteiger partial charge in [0.15, 0.2) is 0 Å². The average molecular weight is 312 g/mol. The molecule has 1 aliphatic heterocycles. The first-order valence-corrected chi connectivity index (χ1v) is 9.32. The predicted octanol–water partition coefficient (Wildman–Crippen LogP) is 4.78. The number of methoxy groups -OCH3 is 1. The molecule has 5 aliphatic rings. The SMILES string of the molecule is COC1=CC2=CCC3C(=CC[C@@]4(C)C3CCC43CO3)[C@@]2(C)CC1. The summed E-state index contributed by atoms with van der Waals surface area (Å²) in [6, 6.07) is 0. The Kier molecular flexibility index (Phi) is 2.70. The normalized spacial score (nSPS) is 50.3. The second-order valence-electron chi connectivity index (χ2n) is 8.86. The van der Waals surface area contributed by atoms with E-state index in [0.29, 0.717) is 5.41 Å². The van der Waals surface area contributed by atoms with Crippen LogP contribution in [0.25, 0.3) is 0 Å². The molecule has 0 aromatic heterocycles. The van der Waals surface area contributed by atoms with E-state index in [1.807, 2.05) is 0 Å². The molecule has 1 saturated carbocycles. The molecule has 1 heterocycles. The summed E-state index contributed by atoms with van der Waals surface area (Å²) >= 11 is 0. The summed E-state index contributed by atoms with van der Waals surface area (Å²) in [7, 11) is 1.81. The number of fused-ring (bicyclic) bond motifs is 6.